The third-order valence-electron chi connectivity index (χ3n) is 3.23. The van der Waals surface area contributed by atoms with Gasteiger partial charge in [-0.15, -0.1) is 0 Å². The normalized spacial score (nSPS) is 26.1. The van der Waals surface area contributed by atoms with Crippen molar-refractivity contribution in [2.45, 2.75) is 13.8 Å². The Balaban J connectivity index is 2.48. The second kappa shape index (κ2) is 5.82. The van der Waals surface area contributed by atoms with Crippen LogP contribution in [0, 0.1) is 11.8 Å². The zero-order valence-electron chi connectivity index (χ0n) is 11.6. The van der Waals surface area contributed by atoms with Crippen molar-refractivity contribution in [1.29, 1.82) is 0 Å². The summed E-state index contributed by atoms with van der Waals surface area (Å²) in [7, 11) is 3.33. The molecule has 2 aliphatic rings. The van der Waals surface area contributed by atoms with Crippen molar-refractivity contribution in [2.75, 3.05) is 20.8 Å². The van der Waals surface area contributed by atoms with E-state index in [2.05, 4.69) is 33.9 Å². The Morgan fingerprint density at radius 3 is 2.63 bits per heavy atom. The van der Waals surface area contributed by atoms with Crippen LogP contribution in [0.2, 0.25) is 0 Å². The Hall–Kier alpha value is -1.23. The second-order valence-corrected chi connectivity index (χ2v) is 5.20. The summed E-state index contributed by atoms with van der Waals surface area (Å²) in [5.41, 5.74) is 0.898. The maximum atomic E-state index is 5.50. The number of fused-ring (bicyclic) bond motifs is 1. The molecule has 0 spiro atoms. The Morgan fingerprint density at radius 2 is 2.05 bits per heavy atom. The highest BCUT2D eigenvalue weighted by atomic mass is 79.9. The molecule has 1 aliphatic carbocycles. The summed E-state index contributed by atoms with van der Waals surface area (Å²) in [5, 5.41) is 0. The number of ether oxygens (including phenoxy) is 3. The average molecular weight is 328 g/mol. The van der Waals surface area contributed by atoms with Crippen molar-refractivity contribution in [1.82, 2.24) is 0 Å². The fourth-order valence-corrected chi connectivity index (χ4v) is 2.99. The molecule has 0 aromatic heterocycles. The van der Waals surface area contributed by atoms with Crippen molar-refractivity contribution in [2.24, 2.45) is 16.8 Å². The molecule has 0 radical (unpaired) electrons. The van der Waals surface area contributed by atoms with Gasteiger partial charge in [0.15, 0.2) is 0 Å². The van der Waals surface area contributed by atoms with Gasteiger partial charge in [0.05, 0.1) is 36.9 Å². The minimum absolute atomic E-state index is 0.0995. The molecule has 5 heteroatoms. The Morgan fingerprint density at radius 1 is 1.32 bits per heavy atom. The van der Waals surface area contributed by atoms with E-state index in [1.54, 1.807) is 14.2 Å². The lowest BCUT2D eigenvalue weighted by Gasteiger charge is -2.32. The van der Waals surface area contributed by atoms with Crippen LogP contribution in [0.1, 0.15) is 13.8 Å². The molecular weight excluding hydrogens is 310 g/mol. The molecule has 2 unspecified atom stereocenters. The van der Waals surface area contributed by atoms with Crippen molar-refractivity contribution in [3.63, 3.8) is 0 Å². The maximum Gasteiger partial charge on any atom is 0.216 e. The molecule has 0 saturated heterocycles. The van der Waals surface area contributed by atoms with E-state index in [1.165, 1.54) is 0 Å². The molecule has 0 fully saturated rings. The quantitative estimate of drug-likeness (QED) is 0.797. The fraction of sp³-hybridized carbons (Fsp3) is 0.500. The molecule has 2 rings (SSSR count). The summed E-state index contributed by atoms with van der Waals surface area (Å²) >= 11 is 3.56. The lowest BCUT2D eigenvalue weighted by Crippen LogP contribution is -2.26. The molecular formula is C14H18BrNO3. The minimum atomic E-state index is 0.0995. The highest BCUT2D eigenvalue weighted by Gasteiger charge is 2.36. The van der Waals surface area contributed by atoms with Crippen molar-refractivity contribution in [3.8, 4) is 0 Å². The Bertz CT molecular complexity index is 491. The summed E-state index contributed by atoms with van der Waals surface area (Å²) in [6.45, 7) is 4.63. The Kier molecular flexibility index (Phi) is 4.34. The van der Waals surface area contributed by atoms with Gasteiger partial charge in [0.2, 0.25) is 5.90 Å². The molecule has 19 heavy (non-hydrogen) atoms. The zero-order valence-corrected chi connectivity index (χ0v) is 13.2. The van der Waals surface area contributed by atoms with E-state index in [1.807, 2.05) is 13.0 Å². The number of dihydropyridines is 1. The predicted octanol–water partition coefficient (Wildman–Crippen LogP) is 3.37. The molecule has 2 atom stereocenters. The van der Waals surface area contributed by atoms with Gasteiger partial charge in [-0.05, 0) is 34.8 Å². The van der Waals surface area contributed by atoms with Crippen LogP contribution in [-0.4, -0.2) is 26.7 Å². The number of aliphatic imine (C=N–C) groups is 1. The van der Waals surface area contributed by atoms with Crippen LogP contribution in [0.15, 0.2) is 38.8 Å². The van der Waals surface area contributed by atoms with Crippen LogP contribution in [0.25, 0.3) is 0 Å². The lowest BCUT2D eigenvalue weighted by molar-refractivity contribution is 0.223. The fourth-order valence-electron chi connectivity index (χ4n) is 2.36. The summed E-state index contributed by atoms with van der Waals surface area (Å²) in [6.07, 6.45) is 3.94. The topological polar surface area (TPSA) is 40.0 Å². The molecule has 0 bridgehead atoms. The number of halogens is 1. The van der Waals surface area contributed by atoms with Gasteiger partial charge in [0.1, 0.15) is 11.5 Å². The van der Waals surface area contributed by atoms with E-state index >= 15 is 0 Å². The summed E-state index contributed by atoms with van der Waals surface area (Å²) in [6, 6.07) is 0. The third kappa shape index (κ3) is 2.56. The van der Waals surface area contributed by atoms with Crippen LogP contribution >= 0.6 is 15.9 Å². The lowest BCUT2D eigenvalue weighted by atomic mass is 9.83. The van der Waals surface area contributed by atoms with E-state index in [0.29, 0.717) is 12.5 Å². The molecule has 104 valence electrons. The highest BCUT2D eigenvalue weighted by Crippen LogP contribution is 2.43. The Labute approximate surface area is 122 Å². The van der Waals surface area contributed by atoms with Gasteiger partial charge in [0.25, 0.3) is 0 Å². The van der Waals surface area contributed by atoms with Gasteiger partial charge in [-0.1, -0.05) is 6.92 Å². The van der Waals surface area contributed by atoms with Gasteiger partial charge >= 0.3 is 0 Å². The first-order valence-electron chi connectivity index (χ1n) is 6.25. The third-order valence-corrected chi connectivity index (χ3v) is 4.02. The van der Waals surface area contributed by atoms with Gasteiger partial charge < -0.3 is 14.2 Å². The first-order valence-corrected chi connectivity index (χ1v) is 7.04. The zero-order chi connectivity index (χ0) is 14.0. The average Bonchev–Trinajstić information content (AvgIpc) is 2.42. The maximum absolute atomic E-state index is 5.50. The first-order chi connectivity index (χ1) is 9.12. The SMILES string of the molecule is CCOC1=NC2=C(Br)C(OC)=CC(C)C2C(OC)=C1. The van der Waals surface area contributed by atoms with E-state index in [9.17, 15) is 0 Å². The van der Waals surface area contributed by atoms with Crippen molar-refractivity contribution in [3.05, 3.63) is 33.8 Å². The molecule has 1 aliphatic heterocycles. The van der Waals surface area contributed by atoms with Gasteiger partial charge in [-0.25, -0.2) is 4.99 Å². The predicted molar refractivity (Wildman–Crippen MR) is 77.9 cm³/mol. The number of hydrogen-bond acceptors (Lipinski definition) is 4. The number of nitrogens with zero attached hydrogens (tertiary/aromatic N) is 1. The van der Waals surface area contributed by atoms with Crippen LogP contribution < -0.4 is 0 Å². The monoisotopic (exact) mass is 327 g/mol. The molecule has 0 amide bonds. The second-order valence-electron chi connectivity index (χ2n) is 4.40. The van der Waals surface area contributed by atoms with E-state index in [0.717, 1.165) is 21.7 Å². The van der Waals surface area contributed by atoms with Crippen molar-refractivity contribution < 1.29 is 14.2 Å². The van der Waals surface area contributed by atoms with Crippen LogP contribution in [0.4, 0.5) is 0 Å². The van der Waals surface area contributed by atoms with E-state index in [4.69, 9.17) is 14.2 Å². The van der Waals surface area contributed by atoms with E-state index in [-0.39, 0.29) is 11.8 Å². The number of methoxy groups -OCH3 is 2. The highest BCUT2D eigenvalue weighted by molar-refractivity contribution is 9.12. The van der Waals surface area contributed by atoms with E-state index < -0.39 is 0 Å². The van der Waals surface area contributed by atoms with Gasteiger partial charge in [0, 0.05) is 6.08 Å². The van der Waals surface area contributed by atoms with Crippen LogP contribution in [0.5, 0.6) is 0 Å². The van der Waals surface area contributed by atoms with Crippen molar-refractivity contribution >= 4 is 21.8 Å². The summed E-state index contributed by atoms with van der Waals surface area (Å²) in [4.78, 5) is 4.57. The molecule has 0 aromatic carbocycles. The number of rotatable bonds is 3. The number of hydrogen-bond donors (Lipinski definition) is 0. The molecule has 4 nitrogen and oxygen atoms in total. The minimum Gasteiger partial charge on any atom is -0.500 e. The standard InChI is InChI=1S/C14H18BrNO3/c1-5-19-11-7-9(17-3)12-8(2)6-10(18-4)13(15)14(12)16-11/h6-8,12H,5H2,1-4H3. The number of allylic oxidation sites excluding steroid dienone is 2. The van der Waals surface area contributed by atoms with Crippen LogP contribution in [-0.2, 0) is 14.2 Å². The first kappa shape index (κ1) is 14.2. The molecule has 0 N–H and O–H groups in total. The largest absolute Gasteiger partial charge is 0.500 e. The molecule has 0 saturated carbocycles. The summed E-state index contributed by atoms with van der Waals surface area (Å²) in [5.74, 6) is 2.60. The smallest absolute Gasteiger partial charge is 0.216 e. The van der Waals surface area contributed by atoms with Gasteiger partial charge in [-0.3, -0.25) is 0 Å². The van der Waals surface area contributed by atoms with Crippen LogP contribution in [0.3, 0.4) is 0 Å². The molecule has 0 aromatic rings. The molecule has 1 heterocycles. The summed E-state index contributed by atoms with van der Waals surface area (Å²) < 4.78 is 17.2. The van der Waals surface area contributed by atoms with Gasteiger partial charge in [-0.2, -0.15) is 0 Å².